The quantitative estimate of drug-likeness (QED) is 0.861. The van der Waals surface area contributed by atoms with Crippen LogP contribution in [0.5, 0.6) is 0 Å². The molecule has 1 aromatic rings. The van der Waals surface area contributed by atoms with Crippen LogP contribution >= 0.6 is 23.2 Å². The zero-order chi connectivity index (χ0) is 13.3. The number of carbonyl (C=O) groups is 2. The fourth-order valence-corrected chi connectivity index (χ4v) is 2.28. The fraction of sp³-hybridized carbons (Fsp3) is 0.333. The number of nitrogens with one attached hydrogen (secondary N) is 1. The Hall–Kier alpha value is -1.10. The maximum atomic E-state index is 11.9. The number of alkyl halides is 1. The lowest BCUT2D eigenvalue weighted by atomic mass is 10.1. The second-order valence-corrected chi connectivity index (χ2v) is 4.71. The smallest absolute Gasteiger partial charge is 0.242 e. The molecule has 0 aromatic heterocycles. The van der Waals surface area contributed by atoms with E-state index in [1.807, 2.05) is 6.92 Å². The Labute approximate surface area is 115 Å². The fourth-order valence-electron chi connectivity index (χ4n) is 1.97. The molecule has 1 fully saturated rings. The van der Waals surface area contributed by atoms with Gasteiger partial charge in [-0.15, -0.1) is 11.6 Å². The number of halogens is 2. The van der Waals surface area contributed by atoms with Gasteiger partial charge in [0.1, 0.15) is 6.17 Å². The van der Waals surface area contributed by atoms with Gasteiger partial charge in [0.25, 0.3) is 0 Å². The molecule has 1 amide bonds. The molecule has 1 aliphatic rings. The summed E-state index contributed by atoms with van der Waals surface area (Å²) in [5, 5.41) is 3.41. The lowest BCUT2D eigenvalue weighted by Gasteiger charge is -2.24. The highest BCUT2D eigenvalue weighted by atomic mass is 35.5. The lowest BCUT2D eigenvalue weighted by Crippen LogP contribution is -2.45. The molecule has 0 saturated carbocycles. The van der Waals surface area contributed by atoms with Gasteiger partial charge in [0.15, 0.2) is 5.78 Å². The molecule has 96 valence electrons. The van der Waals surface area contributed by atoms with Gasteiger partial charge in [-0.2, -0.15) is 0 Å². The van der Waals surface area contributed by atoms with Gasteiger partial charge in [0.05, 0.1) is 18.1 Å². The first-order chi connectivity index (χ1) is 8.56. The molecule has 0 aliphatic carbocycles. The Bertz CT molecular complexity index is 505. The summed E-state index contributed by atoms with van der Waals surface area (Å²) in [6.45, 7) is 1.94. The topological polar surface area (TPSA) is 49.4 Å². The zero-order valence-electron chi connectivity index (χ0n) is 9.74. The molecule has 0 spiro atoms. The van der Waals surface area contributed by atoms with Crippen LogP contribution < -0.4 is 10.2 Å². The molecule has 1 saturated heterocycles. The average molecular weight is 287 g/mol. The number of Topliss-reactive ketones (excluding diaryl/α,β-unsaturated/α-hetero) is 1. The minimum absolute atomic E-state index is 0.124. The van der Waals surface area contributed by atoms with Crippen molar-refractivity contribution >= 4 is 40.6 Å². The molecule has 4 nitrogen and oxygen atoms in total. The van der Waals surface area contributed by atoms with Crippen molar-refractivity contribution in [2.45, 2.75) is 13.1 Å². The Balaban J connectivity index is 2.43. The third-order valence-corrected chi connectivity index (χ3v) is 3.58. The monoisotopic (exact) mass is 286 g/mol. The number of nitrogens with zero attached hydrogens (tertiary/aromatic N) is 1. The number of hydrogen-bond donors (Lipinski definition) is 1. The predicted molar refractivity (Wildman–Crippen MR) is 71.2 cm³/mol. The van der Waals surface area contributed by atoms with Gasteiger partial charge in [-0.1, -0.05) is 17.7 Å². The van der Waals surface area contributed by atoms with E-state index < -0.39 is 6.17 Å². The molecule has 1 unspecified atom stereocenters. The second-order valence-electron chi connectivity index (χ2n) is 4.03. The minimum Gasteiger partial charge on any atom is -0.294 e. The highest BCUT2D eigenvalue weighted by Crippen LogP contribution is 2.29. The molecule has 18 heavy (non-hydrogen) atoms. The van der Waals surface area contributed by atoms with Crippen molar-refractivity contribution in [2.24, 2.45) is 0 Å². The van der Waals surface area contributed by atoms with Gasteiger partial charge in [0, 0.05) is 5.02 Å². The molecule has 1 N–H and O–H groups in total. The van der Waals surface area contributed by atoms with Crippen LogP contribution in [-0.2, 0) is 9.59 Å². The van der Waals surface area contributed by atoms with E-state index in [2.05, 4.69) is 5.32 Å². The number of rotatable bonds is 3. The maximum absolute atomic E-state index is 11.9. The molecule has 1 heterocycles. The number of carbonyl (C=O) groups excluding carboxylic acids is 2. The standard InChI is InChI=1S/C12H12Cl2N2O2/c1-7-8(14)3-2-4-9(7)16-11(18)6-15-12(16)10(17)5-13/h2-4,12,15H,5-6H2,1H3. The van der Waals surface area contributed by atoms with E-state index in [4.69, 9.17) is 23.2 Å². The van der Waals surface area contributed by atoms with Crippen molar-refractivity contribution in [3.63, 3.8) is 0 Å². The summed E-state index contributed by atoms with van der Waals surface area (Å²) >= 11 is 11.6. The summed E-state index contributed by atoms with van der Waals surface area (Å²) in [7, 11) is 0. The molecule has 0 radical (unpaired) electrons. The van der Waals surface area contributed by atoms with Gasteiger partial charge >= 0.3 is 0 Å². The van der Waals surface area contributed by atoms with Crippen molar-refractivity contribution in [3.8, 4) is 0 Å². The second kappa shape index (κ2) is 5.26. The number of anilines is 1. The number of amides is 1. The molecule has 6 heteroatoms. The van der Waals surface area contributed by atoms with Crippen molar-refractivity contribution in [1.29, 1.82) is 0 Å². The Morgan fingerprint density at radius 1 is 1.56 bits per heavy atom. The van der Waals surface area contributed by atoms with Crippen molar-refractivity contribution < 1.29 is 9.59 Å². The van der Waals surface area contributed by atoms with Crippen molar-refractivity contribution in [2.75, 3.05) is 17.3 Å². The van der Waals surface area contributed by atoms with Crippen LogP contribution in [0.1, 0.15) is 5.56 Å². The van der Waals surface area contributed by atoms with Crippen LogP contribution in [0, 0.1) is 6.92 Å². The van der Waals surface area contributed by atoms with Gasteiger partial charge in [-0.3, -0.25) is 19.8 Å². The van der Waals surface area contributed by atoms with E-state index in [-0.39, 0.29) is 24.1 Å². The highest BCUT2D eigenvalue weighted by Gasteiger charge is 2.36. The number of ketones is 1. The third kappa shape index (κ3) is 2.23. The van der Waals surface area contributed by atoms with E-state index in [0.717, 1.165) is 5.56 Å². The third-order valence-electron chi connectivity index (χ3n) is 2.91. The SMILES string of the molecule is Cc1c(Cl)cccc1N1C(=O)CNC1C(=O)CCl. The largest absolute Gasteiger partial charge is 0.294 e. The highest BCUT2D eigenvalue weighted by molar-refractivity contribution is 6.32. The molecule has 0 bridgehead atoms. The normalized spacial score (nSPS) is 19.4. The van der Waals surface area contributed by atoms with Crippen LogP contribution in [-0.4, -0.2) is 30.3 Å². The lowest BCUT2D eigenvalue weighted by molar-refractivity contribution is -0.120. The predicted octanol–water partition coefficient (Wildman–Crippen LogP) is 1.72. The first kappa shape index (κ1) is 13.3. The van der Waals surface area contributed by atoms with E-state index in [1.54, 1.807) is 18.2 Å². The number of benzene rings is 1. The van der Waals surface area contributed by atoms with Gasteiger partial charge in [0.2, 0.25) is 5.91 Å². The molecule has 1 atom stereocenters. The van der Waals surface area contributed by atoms with Crippen LogP contribution in [0.3, 0.4) is 0 Å². The molecule has 1 aliphatic heterocycles. The molecular formula is C12H12Cl2N2O2. The van der Waals surface area contributed by atoms with E-state index >= 15 is 0 Å². The summed E-state index contributed by atoms with van der Waals surface area (Å²) in [5.74, 6) is -0.535. The van der Waals surface area contributed by atoms with Crippen LogP contribution in [0.4, 0.5) is 5.69 Å². The van der Waals surface area contributed by atoms with E-state index in [0.29, 0.717) is 10.7 Å². The summed E-state index contributed by atoms with van der Waals surface area (Å²) in [6.07, 6.45) is -0.702. The average Bonchev–Trinajstić information content (AvgIpc) is 2.74. The summed E-state index contributed by atoms with van der Waals surface area (Å²) < 4.78 is 0. The summed E-state index contributed by atoms with van der Waals surface area (Å²) in [4.78, 5) is 25.0. The maximum Gasteiger partial charge on any atom is 0.242 e. The Morgan fingerprint density at radius 3 is 2.94 bits per heavy atom. The Morgan fingerprint density at radius 2 is 2.28 bits per heavy atom. The first-order valence-electron chi connectivity index (χ1n) is 5.45. The number of hydrogen-bond acceptors (Lipinski definition) is 3. The zero-order valence-corrected chi connectivity index (χ0v) is 11.3. The van der Waals surface area contributed by atoms with Crippen LogP contribution in [0.25, 0.3) is 0 Å². The first-order valence-corrected chi connectivity index (χ1v) is 6.36. The summed E-state index contributed by atoms with van der Waals surface area (Å²) in [6, 6.07) is 5.26. The van der Waals surface area contributed by atoms with Gasteiger partial charge < -0.3 is 0 Å². The summed E-state index contributed by atoms with van der Waals surface area (Å²) in [5.41, 5.74) is 1.41. The van der Waals surface area contributed by atoms with Gasteiger partial charge in [-0.25, -0.2) is 0 Å². The molecule has 1 aromatic carbocycles. The minimum atomic E-state index is -0.702. The van der Waals surface area contributed by atoms with Gasteiger partial charge in [-0.05, 0) is 24.6 Å². The Kier molecular flexibility index (Phi) is 3.90. The van der Waals surface area contributed by atoms with E-state index in [1.165, 1.54) is 4.90 Å². The van der Waals surface area contributed by atoms with Crippen LogP contribution in [0.2, 0.25) is 5.02 Å². The van der Waals surface area contributed by atoms with Crippen LogP contribution in [0.15, 0.2) is 18.2 Å². The van der Waals surface area contributed by atoms with E-state index in [9.17, 15) is 9.59 Å². The van der Waals surface area contributed by atoms with Crippen molar-refractivity contribution in [1.82, 2.24) is 5.32 Å². The molecular weight excluding hydrogens is 275 g/mol. The molecule has 2 rings (SSSR count). The van der Waals surface area contributed by atoms with Crippen molar-refractivity contribution in [3.05, 3.63) is 28.8 Å².